The minimum atomic E-state index is -4.13. The number of nitrogens with zero attached hydrogens (tertiary/aromatic N) is 1. The van der Waals surface area contributed by atoms with Crippen molar-refractivity contribution >= 4 is 44.9 Å². The van der Waals surface area contributed by atoms with Gasteiger partial charge in [-0.15, -0.1) is 0 Å². The van der Waals surface area contributed by atoms with Crippen molar-refractivity contribution in [1.29, 1.82) is 0 Å². The highest BCUT2D eigenvalue weighted by atomic mass is 35.5. The summed E-state index contributed by atoms with van der Waals surface area (Å²) in [6.45, 7) is 1.30. The van der Waals surface area contributed by atoms with Crippen molar-refractivity contribution in [2.75, 3.05) is 29.9 Å². The van der Waals surface area contributed by atoms with Gasteiger partial charge in [0.1, 0.15) is 12.3 Å². The number of rotatable bonds is 9. The number of nitrogens with one attached hydrogen (secondary N) is 1. The topological polar surface area (TPSA) is 102 Å². The van der Waals surface area contributed by atoms with Crippen molar-refractivity contribution in [2.45, 2.75) is 11.8 Å². The van der Waals surface area contributed by atoms with Gasteiger partial charge in [-0.05, 0) is 67.6 Å². The molecule has 0 aliphatic carbocycles. The van der Waals surface area contributed by atoms with Crippen molar-refractivity contribution in [1.82, 2.24) is 0 Å². The molecule has 1 N–H and O–H groups in total. The lowest BCUT2D eigenvalue weighted by atomic mass is 10.2. The Morgan fingerprint density at radius 3 is 2.24 bits per heavy atom. The zero-order chi connectivity index (χ0) is 24.7. The summed E-state index contributed by atoms with van der Waals surface area (Å²) in [5, 5.41) is 3.03. The Bertz CT molecular complexity index is 1260. The molecule has 0 saturated carbocycles. The SMILES string of the molecule is CCOC(=O)c1ccccc1NC(=O)CN(c1ccc(Cl)cc1)S(=O)(=O)c1ccc(OC)cc1. The molecular weight excluding hydrogens is 480 g/mol. The maximum absolute atomic E-state index is 13.5. The molecule has 0 atom stereocenters. The van der Waals surface area contributed by atoms with E-state index in [1.165, 1.54) is 67.8 Å². The van der Waals surface area contributed by atoms with E-state index in [0.717, 1.165) is 4.31 Å². The van der Waals surface area contributed by atoms with Crippen molar-refractivity contribution in [3.63, 3.8) is 0 Å². The lowest BCUT2D eigenvalue weighted by molar-refractivity contribution is -0.114. The van der Waals surface area contributed by atoms with Crippen molar-refractivity contribution < 1.29 is 27.5 Å². The molecule has 178 valence electrons. The molecule has 0 spiro atoms. The number of carbonyl (C=O) groups excluding carboxylic acids is 2. The number of hydrogen-bond acceptors (Lipinski definition) is 6. The molecule has 0 fully saturated rings. The number of hydrogen-bond donors (Lipinski definition) is 1. The van der Waals surface area contributed by atoms with Gasteiger partial charge in [-0.2, -0.15) is 0 Å². The summed E-state index contributed by atoms with van der Waals surface area (Å²) < 4.78 is 38.0. The zero-order valence-corrected chi connectivity index (χ0v) is 20.1. The average molecular weight is 503 g/mol. The normalized spacial score (nSPS) is 10.9. The van der Waals surface area contributed by atoms with E-state index in [9.17, 15) is 18.0 Å². The number of sulfonamides is 1. The molecule has 3 aromatic rings. The Labute approximate surface area is 203 Å². The lowest BCUT2D eigenvalue weighted by Crippen LogP contribution is -2.38. The Kier molecular flexibility index (Phi) is 8.14. The molecule has 34 heavy (non-hydrogen) atoms. The van der Waals surface area contributed by atoms with Crippen LogP contribution in [0.3, 0.4) is 0 Å². The molecule has 3 rings (SSSR count). The predicted molar refractivity (Wildman–Crippen MR) is 130 cm³/mol. The van der Waals surface area contributed by atoms with E-state index in [-0.39, 0.29) is 28.4 Å². The minimum absolute atomic E-state index is 0.0250. The van der Waals surface area contributed by atoms with Crippen LogP contribution in [-0.4, -0.2) is 40.6 Å². The second-order valence-electron chi connectivity index (χ2n) is 6.98. The molecule has 0 aromatic heterocycles. The second-order valence-corrected chi connectivity index (χ2v) is 9.28. The van der Waals surface area contributed by atoms with Gasteiger partial charge in [-0.1, -0.05) is 23.7 Å². The second kappa shape index (κ2) is 11.0. The van der Waals surface area contributed by atoms with Gasteiger partial charge in [0.25, 0.3) is 10.0 Å². The maximum Gasteiger partial charge on any atom is 0.340 e. The van der Waals surface area contributed by atoms with Crippen molar-refractivity contribution in [3.05, 3.63) is 83.4 Å². The minimum Gasteiger partial charge on any atom is -0.497 e. The largest absolute Gasteiger partial charge is 0.497 e. The standard InChI is InChI=1S/C24H23ClN2O6S/c1-3-33-24(29)21-6-4-5-7-22(21)26-23(28)16-27(18-10-8-17(25)9-11-18)34(30,31)20-14-12-19(32-2)13-15-20/h4-15H,3,16H2,1-2H3,(H,26,28). The Hall–Kier alpha value is -3.56. The van der Waals surface area contributed by atoms with Gasteiger partial charge in [0.05, 0.1) is 35.6 Å². The van der Waals surface area contributed by atoms with E-state index < -0.39 is 28.4 Å². The van der Waals surface area contributed by atoms with Crippen molar-refractivity contribution in [2.24, 2.45) is 0 Å². The number of methoxy groups -OCH3 is 1. The first kappa shape index (κ1) is 25.1. The number of esters is 1. The Balaban J connectivity index is 1.93. The monoisotopic (exact) mass is 502 g/mol. The summed E-state index contributed by atoms with van der Waals surface area (Å²) in [4.78, 5) is 25.2. The first-order valence-corrected chi connectivity index (χ1v) is 12.1. The van der Waals surface area contributed by atoms with Crippen LogP contribution in [0, 0.1) is 0 Å². The lowest BCUT2D eigenvalue weighted by Gasteiger charge is -2.24. The molecule has 0 aliphatic rings. The quantitative estimate of drug-likeness (QED) is 0.436. The third kappa shape index (κ3) is 5.86. The van der Waals surface area contributed by atoms with Crippen LogP contribution in [-0.2, 0) is 19.6 Å². The number of ether oxygens (including phenoxy) is 2. The number of carbonyl (C=O) groups is 2. The predicted octanol–water partition coefficient (Wildman–Crippen LogP) is 4.36. The van der Waals surface area contributed by atoms with Gasteiger partial charge < -0.3 is 14.8 Å². The maximum atomic E-state index is 13.5. The molecule has 0 aliphatic heterocycles. The first-order chi connectivity index (χ1) is 16.3. The fraction of sp³-hybridized carbons (Fsp3) is 0.167. The highest BCUT2D eigenvalue weighted by Crippen LogP contribution is 2.27. The van der Waals surface area contributed by atoms with Crippen LogP contribution >= 0.6 is 11.6 Å². The van der Waals surface area contributed by atoms with Gasteiger partial charge in [0.15, 0.2) is 0 Å². The molecule has 0 bridgehead atoms. The van der Waals surface area contributed by atoms with Crippen molar-refractivity contribution in [3.8, 4) is 5.75 Å². The van der Waals surface area contributed by atoms with Crippen LogP contribution in [0.15, 0.2) is 77.7 Å². The van der Waals surface area contributed by atoms with Crippen LogP contribution in [0.2, 0.25) is 5.02 Å². The van der Waals surface area contributed by atoms with Gasteiger partial charge in [0.2, 0.25) is 5.91 Å². The zero-order valence-electron chi connectivity index (χ0n) is 18.5. The highest BCUT2D eigenvalue weighted by Gasteiger charge is 2.28. The Morgan fingerprint density at radius 2 is 1.62 bits per heavy atom. The van der Waals surface area contributed by atoms with Gasteiger partial charge in [-0.3, -0.25) is 9.10 Å². The van der Waals surface area contributed by atoms with E-state index in [1.807, 2.05) is 0 Å². The summed E-state index contributed by atoms with van der Waals surface area (Å²) in [6.07, 6.45) is 0. The number of benzene rings is 3. The number of para-hydroxylation sites is 1. The van der Waals surface area contributed by atoms with Gasteiger partial charge in [-0.25, -0.2) is 13.2 Å². The van der Waals surface area contributed by atoms with E-state index >= 15 is 0 Å². The molecule has 8 nitrogen and oxygen atoms in total. The molecule has 10 heteroatoms. The molecule has 0 saturated heterocycles. The van der Waals surface area contributed by atoms with Gasteiger partial charge in [0, 0.05) is 5.02 Å². The average Bonchev–Trinajstić information content (AvgIpc) is 2.83. The summed E-state index contributed by atoms with van der Waals surface area (Å²) in [5.41, 5.74) is 0.617. The van der Waals surface area contributed by atoms with Gasteiger partial charge >= 0.3 is 5.97 Å². The fourth-order valence-corrected chi connectivity index (χ4v) is 4.64. The van der Waals surface area contributed by atoms with Crippen LogP contribution in [0.5, 0.6) is 5.75 Å². The molecule has 0 unspecified atom stereocenters. The summed E-state index contributed by atoms with van der Waals surface area (Å²) >= 11 is 5.96. The first-order valence-electron chi connectivity index (χ1n) is 10.2. The van der Waals surface area contributed by atoms with E-state index in [2.05, 4.69) is 5.32 Å². The third-order valence-electron chi connectivity index (χ3n) is 4.75. The van der Waals surface area contributed by atoms with Crippen LogP contribution in [0.1, 0.15) is 17.3 Å². The Morgan fingerprint density at radius 1 is 0.971 bits per heavy atom. The van der Waals surface area contributed by atoms with E-state index in [0.29, 0.717) is 10.8 Å². The fourth-order valence-electron chi connectivity index (χ4n) is 3.10. The summed E-state index contributed by atoms with van der Waals surface area (Å²) in [5.74, 6) is -0.757. The van der Waals surface area contributed by atoms with Crippen LogP contribution in [0.4, 0.5) is 11.4 Å². The smallest absolute Gasteiger partial charge is 0.340 e. The van der Waals surface area contributed by atoms with Crippen LogP contribution < -0.4 is 14.4 Å². The molecule has 0 radical (unpaired) electrons. The summed E-state index contributed by atoms with van der Waals surface area (Å²) in [6, 6.07) is 18.2. The molecule has 3 aromatic carbocycles. The number of halogens is 1. The number of anilines is 2. The highest BCUT2D eigenvalue weighted by molar-refractivity contribution is 7.92. The summed E-state index contributed by atoms with van der Waals surface area (Å²) in [7, 11) is -2.66. The number of amides is 1. The molecule has 1 amide bonds. The van der Waals surface area contributed by atoms with E-state index in [1.54, 1.807) is 19.1 Å². The third-order valence-corrected chi connectivity index (χ3v) is 6.79. The molecular formula is C24H23ClN2O6S. The van der Waals surface area contributed by atoms with E-state index in [4.69, 9.17) is 21.1 Å². The van der Waals surface area contributed by atoms with Crippen LogP contribution in [0.25, 0.3) is 0 Å². The molecule has 0 heterocycles.